The molecule has 6 heteroatoms. The highest BCUT2D eigenvalue weighted by molar-refractivity contribution is 6.30. The third kappa shape index (κ3) is 4.88. The van der Waals surface area contributed by atoms with E-state index in [9.17, 15) is 4.79 Å². The molecule has 2 rings (SSSR count). The normalized spacial score (nSPS) is 10.6. The summed E-state index contributed by atoms with van der Waals surface area (Å²) >= 11 is 5.94. The van der Waals surface area contributed by atoms with Crippen molar-refractivity contribution in [3.05, 3.63) is 41.4 Å². The van der Waals surface area contributed by atoms with Crippen LogP contribution in [0.2, 0.25) is 5.02 Å². The first-order valence-corrected chi connectivity index (χ1v) is 7.14. The summed E-state index contributed by atoms with van der Waals surface area (Å²) in [7, 11) is 0. The van der Waals surface area contributed by atoms with Crippen molar-refractivity contribution >= 4 is 17.6 Å². The predicted octanol–water partition coefficient (Wildman–Crippen LogP) is 3.04. The second-order valence-corrected chi connectivity index (χ2v) is 4.80. The van der Waals surface area contributed by atoms with E-state index >= 15 is 0 Å². The number of nitrogens with one attached hydrogen (secondary N) is 1. The van der Waals surface area contributed by atoms with Crippen LogP contribution in [0.1, 0.15) is 19.2 Å². The largest absolute Gasteiger partial charge is 0.466 e. The van der Waals surface area contributed by atoms with Crippen LogP contribution in [0.5, 0.6) is 0 Å². The zero-order valence-electron chi connectivity index (χ0n) is 11.8. The van der Waals surface area contributed by atoms with Gasteiger partial charge < -0.3 is 14.5 Å². The maximum atomic E-state index is 11.2. The Morgan fingerprint density at radius 1 is 1.48 bits per heavy atom. The van der Waals surface area contributed by atoms with E-state index in [4.69, 9.17) is 20.8 Å². The van der Waals surface area contributed by atoms with E-state index in [1.165, 1.54) is 0 Å². The second kappa shape index (κ2) is 7.81. The predicted molar refractivity (Wildman–Crippen MR) is 79.9 cm³/mol. The second-order valence-electron chi connectivity index (χ2n) is 4.36. The average Bonchev–Trinajstić information content (AvgIpc) is 2.93. The van der Waals surface area contributed by atoms with E-state index in [0.29, 0.717) is 42.8 Å². The Hall–Kier alpha value is -1.85. The molecule has 0 amide bonds. The molecule has 1 heterocycles. The molecule has 2 aromatic rings. The molecule has 0 aliphatic carbocycles. The maximum Gasteiger partial charge on any atom is 0.307 e. The zero-order valence-corrected chi connectivity index (χ0v) is 12.5. The minimum atomic E-state index is -0.211. The first kappa shape index (κ1) is 15.5. The minimum absolute atomic E-state index is 0.211. The lowest BCUT2D eigenvalue weighted by atomic mass is 10.2. The number of oxazole rings is 1. The number of aromatic nitrogens is 1. The van der Waals surface area contributed by atoms with Gasteiger partial charge in [-0.1, -0.05) is 23.7 Å². The first-order valence-electron chi connectivity index (χ1n) is 6.76. The third-order valence-corrected chi connectivity index (χ3v) is 2.99. The van der Waals surface area contributed by atoms with Crippen LogP contribution < -0.4 is 5.32 Å². The number of hydrogen-bond donors (Lipinski definition) is 1. The van der Waals surface area contributed by atoms with Gasteiger partial charge in [-0.3, -0.25) is 4.79 Å². The standard InChI is InChI=1S/C15H17ClN2O3/c1-2-20-15(19)6-7-17-10-14-18-9-13(21-14)11-4-3-5-12(16)8-11/h3-5,8-9,17H,2,6-7,10H2,1H3. The van der Waals surface area contributed by atoms with Gasteiger partial charge in [0.25, 0.3) is 0 Å². The monoisotopic (exact) mass is 308 g/mol. The number of carbonyl (C=O) groups is 1. The fraction of sp³-hybridized carbons (Fsp3) is 0.333. The van der Waals surface area contributed by atoms with Crippen LogP contribution in [0.25, 0.3) is 11.3 Å². The Morgan fingerprint density at radius 2 is 2.33 bits per heavy atom. The van der Waals surface area contributed by atoms with Crippen molar-refractivity contribution in [2.75, 3.05) is 13.2 Å². The summed E-state index contributed by atoms with van der Waals surface area (Å²) in [5, 5.41) is 3.73. The molecule has 0 aliphatic heterocycles. The highest BCUT2D eigenvalue weighted by Crippen LogP contribution is 2.23. The molecule has 21 heavy (non-hydrogen) atoms. The third-order valence-electron chi connectivity index (χ3n) is 2.75. The van der Waals surface area contributed by atoms with E-state index in [1.807, 2.05) is 18.2 Å². The van der Waals surface area contributed by atoms with Crippen LogP contribution in [-0.4, -0.2) is 24.1 Å². The number of rotatable bonds is 7. The number of hydrogen-bond acceptors (Lipinski definition) is 5. The molecule has 0 saturated heterocycles. The quantitative estimate of drug-likeness (QED) is 0.629. The molecule has 5 nitrogen and oxygen atoms in total. The fourth-order valence-corrected chi connectivity index (χ4v) is 1.98. The Bertz CT molecular complexity index is 598. The van der Waals surface area contributed by atoms with E-state index in [1.54, 1.807) is 19.2 Å². The fourth-order valence-electron chi connectivity index (χ4n) is 1.79. The Kier molecular flexibility index (Phi) is 5.78. The zero-order chi connectivity index (χ0) is 15.1. The van der Waals surface area contributed by atoms with Crippen LogP contribution in [-0.2, 0) is 16.1 Å². The van der Waals surface area contributed by atoms with Crippen molar-refractivity contribution in [2.24, 2.45) is 0 Å². The van der Waals surface area contributed by atoms with Gasteiger partial charge in [0.15, 0.2) is 5.76 Å². The number of ether oxygens (including phenoxy) is 1. The van der Waals surface area contributed by atoms with Crippen LogP contribution in [0.15, 0.2) is 34.9 Å². The number of halogens is 1. The lowest BCUT2D eigenvalue weighted by molar-refractivity contribution is -0.142. The molecule has 1 N–H and O–H groups in total. The Morgan fingerprint density at radius 3 is 3.10 bits per heavy atom. The van der Waals surface area contributed by atoms with Crippen molar-refractivity contribution in [3.63, 3.8) is 0 Å². The lowest BCUT2D eigenvalue weighted by Gasteiger charge is -2.02. The van der Waals surface area contributed by atoms with Crippen molar-refractivity contribution in [2.45, 2.75) is 19.9 Å². The van der Waals surface area contributed by atoms with Gasteiger partial charge in [-0.25, -0.2) is 4.98 Å². The summed E-state index contributed by atoms with van der Waals surface area (Å²) in [6, 6.07) is 7.39. The van der Waals surface area contributed by atoms with Crippen molar-refractivity contribution in [3.8, 4) is 11.3 Å². The molecule has 112 valence electrons. The van der Waals surface area contributed by atoms with Gasteiger partial charge in [-0.2, -0.15) is 0 Å². The number of benzene rings is 1. The van der Waals surface area contributed by atoms with Gasteiger partial charge >= 0.3 is 5.97 Å². The highest BCUT2D eigenvalue weighted by atomic mass is 35.5. The van der Waals surface area contributed by atoms with E-state index in [-0.39, 0.29) is 5.97 Å². The molecular weight excluding hydrogens is 292 g/mol. The van der Waals surface area contributed by atoms with E-state index in [0.717, 1.165) is 5.56 Å². The van der Waals surface area contributed by atoms with Crippen LogP contribution in [0.4, 0.5) is 0 Å². The van der Waals surface area contributed by atoms with Gasteiger partial charge in [0, 0.05) is 17.1 Å². The maximum absolute atomic E-state index is 11.2. The number of esters is 1. The molecule has 0 atom stereocenters. The molecule has 1 aromatic carbocycles. The summed E-state index contributed by atoms with van der Waals surface area (Å²) < 4.78 is 10.5. The summed E-state index contributed by atoms with van der Waals surface area (Å²) in [4.78, 5) is 15.3. The first-order chi connectivity index (χ1) is 10.2. The summed E-state index contributed by atoms with van der Waals surface area (Å²) in [5.41, 5.74) is 0.882. The highest BCUT2D eigenvalue weighted by Gasteiger charge is 2.07. The molecule has 0 fully saturated rings. The molecule has 0 bridgehead atoms. The van der Waals surface area contributed by atoms with Crippen molar-refractivity contribution in [1.29, 1.82) is 0 Å². The van der Waals surface area contributed by atoms with E-state index in [2.05, 4.69) is 10.3 Å². The van der Waals surface area contributed by atoms with Crippen LogP contribution >= 0.6 is 11.6 Å². The number of nitrogens with zero attached hydrogens (tertiary/aromatic N) is 1. The molecule has 0 saturated carbocycles. The summed E-state index contributed by atoms with van der Waals surface area (Å²) in [6.45, 7) is 3.17. The van der Waals surface area contributed by atoms with Gasteiger partial charge in [0.1, 0.15) is 0 Å². The molecule has 1 aromatic heterocycles. The van der Waals surface area contributed by atoms with E-state index < -0.39 is 0 Å². The van der Waals surface area contributed by atoms with Gasteiger partial charge in [-0.15, -0.1) is 0 Å². The topological polar surface area (TPSA) is 64.4 Å². The van der Waals surface area contributed by atoms with Crippen LogP contribution in [0, 0.1) is 0 Å². The van der Waals surface area contributed by atoms with Crippen molar-refractivity contribution in [1.82, 2.24) is 10.3 Å². The molecule has 0 radical (unpaired) electrons. The van der Waals surface area contributed by atoms with Gasteiger partial charge in [-0.05, 0) is 19.1 Å². The van der Waals surface area contributed by atoms with Crippen LogP contribution in [0.3, 0.4) is 0 Å². The van der Waals surface area contributed by atoms with Gasteiger partial charge in [0.05, 0.1) is 25.8 Å². The Balaban J connectivity index is 1.82. The molecular formula is C15H17ClN2O3. The lowest BCUT2D eigenvalue weighted by Crippen LogP contribution is -2.19. The minimum Gasteiger partial charge on any atom is -0.466 e. The molecule has 0 aliphatic rings. The smallest absolute Gasteiger partial charge is 0.307 e. The summed E-state index contributed by atoms with van der Waals surface area (Å²) in [6.07, 6.45) is 1.99. The van der Waals surface area contributed by atoms with Gasteiger partial charge in [0.2, 0.25) is 5.89 Å². The summed E-state index contributed by atoms with van der Waals surface area (Å²) in [5.74, 6) is 1.02. The molecule has 0 unspecified atom stereocenters. The number of carbonyl (C=O) groups excluding carboxylic acids is 1. The van der Waals surface area contributed by atoms with Crippen molar-refractivity contribution < 1.29 is 13.9 Å². The Labute approximate surface area is 128 Å². The SMILES string of the molecule is CCOC(=O)CCNCc1ncc(-c2cccc(Cl)c2)o1. The average molecular weight is 309 g/mol. The molecule has 0 spiro atoms.